The van der Waals surface area contributed by atoms with Gasteiger partial charge in [-0.2, -0.15) is 4.98 Å². The van der Waals surface area contributed by atoms with E-state index in [9.17, 15) is 4.79 Å². The Hall–Kier alpha value is -1.66. The van der Waals surface area contributed by atoms with Crippen LogP contribution in [0.15, 0.2) is 39.4 Å². The van der Waals surface area contributed by atoms with Gasteiger partial charge < -0.3 is 10.2 Å². The third kappa shape index (κ3) is 2.92. The van der Waals surface area contributed by atoms with Gasteiger partial charge in [-0.05, 0) is 24.3 Å². The molecular weight excluding hydrogens is 286 g/mol. The highest BCUT2D eigenvalue weighted by Gasteiger charge is 2.09. The van der Waals surface area contributed by atoms with E-state index in [1.807, 2.05) is 0 Å². The molecule has 1 amide bonds. The molecule has 88 valence electrons. The van der Waals surface area contributed by atoms with Crippen LogP contribution in [0.2, 0.25) is 0 Å². The van der Waals surface area contributed by atoms with Crippen molar-refractivity contribution < 1.29 is 9.21 Å². The summed E-state index contributed by atoms with van der Waals surface area (Å²) in [5.41, 5.74) is 6.50. The number of halogens is 1. The number of oxazole rings is 1. The maximum Gasteiger partial charge on any atom is 0.301 e. The summed E-state index contributed by atoms with van der Waals surface area (Å²) in [5, 5.41) is 2.54. The predicted octanol–water partition coefficient (Wildman–Crippen LogP) is 2.15. The first kappa shape index (κ1) is 11.8. The zero-order valence-electron chi connectivity index (χ0n) is 8.81. The van der Waals surface area contributed by atoms with Crippen molar-refractivity contribution in [1.29, 1.82) is 0 Å². The van der Waals surface area contributed by atoms with Gasteiger partial charge in [-0.3, -0.25) is 10.1 Å². The standard InChI is InChI=1S/C11H10BrN3O2/c12-8-3-1-7(2-4-8)10(16)15-11-14-9(5-13)6-17-11/h1-4,6H,5,13H2,(H,14,15,16). The van der Waals surface area contributed by atoms with Crippen molar-refractivity contribution in [3.8, 4) is 0 Å². The van der Waals surface area contributed by atoms with Crippen LogP contribution in [-0.2, 0) is 6.54 Å². The van der Waals surface area contributed by atoms with Crippen molar-refractivity contribution in [3.63, 3.8) is 0 Å². The van der Waals surface area contributed by atoms with Crippen LogP contribution in [0.3, 0.4) is 0 Å². The number of hydrogen-bond donors (Lipinski definition) is 2. The lowest BCUT2D eigenvalue weighted by atomic mass is 10.2. The summed E-state index contributed by atoms with van der Waals surface area (Å²) < 4.78 is 5.95. The van der Waals surface area contributed by atoms with Crippen LogP contribution < -0.4 is 11.1 Å². The van der Waals surface area contributed by atoms with Crippen molar-refractivity contribution in [3.05, 3.63) is 46.3 Å². The molecule has 2 rings (SSSR count). The molecule has 0 unspecified atom stereocenters. The van der Waals surface area contributed by atoms with E-state index in [1.54, 1.807) is 24.3 Å². The van der Waals surface area contributed by atoms with E-state index >= 15 is 0 Å². The van der Waals surface area contributed by atoms with Crippen molar-refractivity contribution in [1.82, 2.24) is 4.98 Å². The number of carbonyl (C=O) groups excluding carboxylic acids is 1. The Morgan fingerprint density at radius 2 is 2.12 bits per heavy atom. The van der Waals surface area contributed by atoms with Crippen LogP contribution in [-0.4, -0.2) is 10.9 Å². The molecule has 1 heterocycles. The second-order valence-electron chi connectivity index (χ2n) is 3.31. The van der Waals surface area contributed by atoms with Gasteiger partial charge in [0.15, 0.2) is 0 Å². The maximum absolute atomic E-state index is 11.8. The van der Waals surface area contributed by atoms with Crippen LogP contribution in [0.5, 0.6) is 0 Å². The molecule has 1 aromatic heterocycles. The van der Waals surface area contributed by atoms with E-state index in [4.69, 9.17) is 10.2 Å². The SMILES string of the molecule is NCc1coc(NC(=O)c2ccc(Br)cc2)n1. The summed E-state index contributed by atoms with van der Waals surface area (Å²) in [6, 6.07) is 7.13. The first-order chi connectivity index (χ1) is 8.19. The summed E-state index contributed by atoms with van der Waals surface area (Å²) >= 11 is 3.30. The Morgan fingerprint density at radius 3 is 2.71 bits per heavy atom. The van der Waals surface area contributed by atoms with E-state index in [1.165, 1.54) is 6.26 Å². The summed E-state index contributed by atoms with van der Waals surface area (Å²) in [7, 11) is 0. The number of rotatable bonds is 3. The Kier molecular flexibility index (Phi) is 3.55. The van der Waals surface area contributed by atoms with Gasteiger partial charge in [-0.1, -0.05) is 15.9 Å². The molecule has 3 N–H and O–H groups in total. The maximum atomic E-state index is 11.8. The third-order valence-corrected chi connectivity index (χ3v) is 2.62. The monoisotopic (exact) mass is 295 g/mol. The number of aromatic nitrogens is 1. The largest absolute Gasteiger partial charge is 0.432 e. The number of anilines is 1. The van der Waals surface area contributed by atoms with Crippen LogP contribution in [0.1, 0.15) is 16.1 Å². The van der Waals surface area contributed by atoms with Gasteiger partial charge in [-0.15, -0.1) is 0 Å². The van der Waals surface area contributed by atoms with Crippen molar-refractivity contribution in [2.75, 3.05) is 5.32 Å². The molecule has 0 saturated carbocycles. The number of amides is 1. The van der Waals surface area contributed by atoms with Crippen LogP contribution in [0.4, 0.5) is 6.01 Å². The van der Waals surface area contributed by atoms with Crippen LogP contribution in [0.25, 0.3) is 0 Å². The van der Waals surface area contributed by atoms with Gasteiger partial charge in [0.05, 0.1) is 5.69 Å². The number of carbonyl (C=O) groups is 1. The third-order valence-electron chi connectivity index (χ3n) is 2.09. The molecule has 0 fully saturated rings. The van der Waals surface area contributed by atoms with E-state index in [0.717, 1.165) is 4.47 Å². The van der Waals surface area contributed by atoms with Crippen molar-refractivity contribution in [2.24, 2.45) is 5.73 Å². The minimum Gasteiger partial charge on any atom is -0.432 e. The minimum absolute atomic E-state index is 0.151. The summed E-state index contributed by atoms with van der Waals surface area (Å²) in [6.45, 7) is 0.275. The molecular formula is C11H10BrN3O2. The van der Waals surface area contributed by atoms with Gasteiger partial charge in [-0.25, -0.2) is 0 Å². The second-order valence-corrected chi connectivity index (χ2v) is 4.22. The van der Waals surface area contributed by atoms with E-state index < -0.39 is 0 Å². The molecule has 0 aliphatic carbocycles. The lowest BCUT2D eigenvalue weighted by molar-refractivity contribution is 0.102. The first-order valence-corrected chi connectivity index (χ1v) is 5.69. The average Bonchev–Trinajstić information content (AvgIpc) is 2.77. The molecule has 0 radical (unpaired) electrons. The Morgan fingerprint density at radius 1 is 1.41 bits per heavy atom. The zero-order chi connectivity index (χ0) is 12.3. The molecule has 0 saturated heterocycles. The zero-order valence-corrected chi connectivity index (χ0v) is 10.4. The molecule has 5 nitrogen and oxygen atoms in total. The topological polar surface area (TPSA) is 81.1 Å². The first-order valence-electron chi connectivity index (χ1n) is 4.90. The Bertz CT molecular complexity index is 522. The van der Waals surface area contributed by atoms with Crippen molar-refractivity contribution in [2.45, 2.75) is 6.54 Å². The second kappa shape index (κ2) is 5.11. The Labute approximate surface area is 106 Å². The van der Waals surface area contributed by atoms with Crippen LogP contribution >= 0.6 is 15.9 Å². The van der Waals surface area contributed by atoms with Gasteiger partial charge in [0.2, 0.25) is 0 Å². The van der Waals surface area contributed by atoms with E-state index in [-0.39, 0.29) is 18.5 Å². The quantitative estimate of drug-likeness (QED) is 0.909. The highest BCUT2D eigenvalue weighted by molar-refractivity contribution is 9.10. The highest BCUT2D eigenvalue weighted by Crippen LogP contribution is 2.13. The fourth-order valence-electron chi connectivity index (χ4n) is 1.23. The number of hydrogen-bond acceptors (Lipinski definition) is 4. The fourth-order valence-corrected chi connectivity index (χ4v) is 1.49. The van der Waals surface area contributed by atoms with E-state index in [0.29, 0.717) is 11.3 Å². The molecule has 17 heavy (non-hydrogen) atoms. The smallest absolute Gasteiger partial charge is 0.301 e. The molecule has 0 bridgehead atoms. The number of nitrogens with zero attached hydrogens (tertiary/aromatic N) is 1. The van der Waals surface area contributed by atoms with E-state index in [2.05, 4.69) is 26.2 Å². The van der Waals surface area contributed by atoms with Crippen LogP contribution in [0, 0.1) is 0 Å². The summed E-state index contributed by atoms with van der Waals surface area (Å²) in [4.78, 5) is 15.7. The van der Waals surface area contributed by atoms with Gasteiger partial charge in [0, 0.05) is 16.6 Å². The summed E-state index contributed by atoms with van der Waals surface area (Å²) in [6.07, 6.45) is 1.41. The highest BCUT2D eigenvalue weighted by atomic mass is 79.9. The lowest BCUT2D eigenvalue weighted by Crippen LogP contribution is -2.12. The molecule has 0 aliphatic heterocycles. The van der Waals surface area contributed by atoms with Gasteiger partial charge in [0.1, 0.15) is 6.26 Å². The molecule has 0 aliphatic rings. The van der Waals surface area contributed by atoms with Crippen molar-refractivity contribution >= 4 is 27.9 Å². The lowest BCUT2D eigenvalue weighted by Gasteiger charge is -2.00. The molecule has 1 aromatic carbocycles. The predicted molar refractivity (Wildman–Crippen MR) is 66.5 cm³/mol. The van der Waals surface area contributed by atoms with Gasteiger partial charge >= 0.3 is 6.01 Å². The Balaban J connectivity index is 2.08. The summed E-state index contributed by atoms with van der Waals surface area (Å²) in [5.74, 6) is -0.275. The average molecular weight is 296 g/mol. The number of nitrogens with two attached hydrogens (primary N) is 1. The minimum atomic E-state index is -0.275. The number of benzene rings is 1. The number of nitrogens with one attached hydrogen (secondary N) is 1. The molecule has 0 spiro atoms. The normalized spacial score (nSPS) is 10.2. The molecule has 0 atom stereocenters. The molecule has 2 aromatic rings. The van der Waals surface area contributed by atoms with Gasteiger partial charge in [0.25, 0.3) is 5.91 Å². The molecule has 6 heteroatoms. The fraction of sp³-hybridized carbons (Fsp3) is 0.0909.